The van der Waals surface area contributed by atoms with Crippen LogP contribution in [-0.4, -0.2) is 40.4 Å². The summed E-state index contributed by atoms with van der Waals surface area (Å²) in [6, 6.07) is 12.0. The standard InChI is InChI=1S/C23H22F3N5O/c24-16-7-8-20(27-13-16)29-21-6-2-5-19(28-21)15-9-11-31(12-10-15)14-22(32)30-23-17(25)3-1-4-18(23)26/h1-8,13,15H,9-12,14H2,(H,30,32)(H,27,28,29). The number of carbonyl (C=O) groups excluding carboxylic acids is 1. The van der Waals surface area contributed by atoms with Gasteiger partial charge in [0.05, 0.1) is 12.7 Å². The van der Waals surface area contributed by atoms with Crippen molar-refractivity contribution in [3.8, 4) is 0 Å². The van der Waals surface area contributed by atoms with Crippen molar-refractivity contribution in [3.05, 3.63) is 77.9 Å². The van der Waals surface area contributed by atoms with Gasteiger partial charge in [-0.1, -0.05) is 12.1 Å². The minimum absolute atomic E-state index is 0.0613. The Labute approximate surface area is 183 Å². The van der Waals surface area contributed by atoms with Crippen LogP contribution >= 0.6 is 0 Å². The Hall–Kier alpha value is -3.46. The van der Waals surface area contributed by atoms with Crippen molar-refractivity contribution in [1.82, 2.24) is 14.9 Å². The number of anilines is 3. The molecule has 2 aromatic heterocycles. The Balaban J connectivity index is 1.31. The number of pyridine rings is 2. The van der Waals surface area contributed by atoms with Crippen molar-refractivity contribution in [2.45, 2.75) is 18.8 Å². The fourth-order valence-electron chi connectivity index (χ4n) is 3.72. The van der Waals surface area contributed by atoms with Crippen molar-refractivity contribution >= 4 is 23.2 Å². The molecule has 0 aliphatic carbocycles. The third-order valence-corrected chi connectivity index (χ3v) is 5.35. The van der Waals surface area contributed by atoms with Gasteiger partial charge in [0, 0.05) is 11.6 Å². The molecule has 0 saturated carbocycles. The molecule has 2 N–H and O–H groups in total. The Morgan fingerprint density at radius 2 is 1.69 bits per heavy atom. The summed E-state index contributed by atoms with van der Waals surface area (Å²) in [5, 5.41) is 5.39. The van der Waals surface area contributed by atoms with Gasteiger partial charge in [0.25, 0.3) is 0 Å². The molecule has 0 spiro atoms. The second-order valence-corrected chi connectivity index (χ2v) is 7.63. The molecule has 1 aliphatic rings. The first-order chi connectivity index (χ1) is 15.5. The highest BCUT2D eigenvalue weighted by Gasteiger charge is 2.24. The largest absolute Gasteiger partial charge is 0.325 e. The highest BCUT2D eigenvalue weighted by Crippen LogP contribution is 2.28. The number of nitrogens with one attached hydrogen (secondary N) is 2. The lowest BCUT2D eigenvalue weighted by Gasteiger charge is -2.31. The molecule has 3 heterocycles. The topological polar surface area (TPSA) is 70.2 Å². The molecule has 166 valence electrons. The second-order valence-electron chi connectivity index (χ2n) is 7.63. The Bertz CT molecular complexity index is 1060. The highest BCUT2D eigenvalue weighted by atomic mass is 19.1. The van der Waals surface area contributed by atoms with E-state index in [1.165, 1.54) is 12.1 Å². The number of para-hydroxylation sites is 1. The van der Waals surface area contributed by atoms with Gasteiger partial charge in [-0.05, 0) is 62.3 Å². The van der Waals surface area contributed by atoms with Gasteiger partial charge in [-0.15, -0.1) is 0 Å². The SMILES string of the molecule is O=C(CN1CCC(c2cccc(Nc3ccc(F)cn3)n2)CC1)Nc1c(F)cccc1F. The molecule has 0 atom stereocenters. The molecule has 1 amide bonds. The first-order valence-electron chi connectivity index (χ1n) is 10.3. The number of amides is 1. The van der Waals surface area contributed by atoms with E-state index in [1.54, 1.807) is 6.07 Å². The van der Waals surface area contributed by atoms with E-state index in [1.807, 2.05) is 23.1 Å². The summed E-state index contributed by atoms with van der Waals surface area (Å²) in [5.74, 6) is -1.11. The van der Waals surface area contributed by atoms with Crippen molar-refractivity contribution in [3.63, 3.8) is 0 Å². The Kier molecular flexibility index (Phi) is 6.65. The molecule has 1 aliphatic heterocycles. The van der Waals surface area contributed by atoms with E-state index in [-0.39, 0.29) is 12.5 Å². The molecule has 0 radical (unpaired) electrons. The summed E-state index contributed by atoms with van der Waals surface area (Å²) >= 11 is 0. The van der Waals surface area contributed by atoms with Crippen LogP contribution in [0.5, 0.6) is 0 Å². The quantitative estimate of drug-likeness (QED) is 0.591. The summed E-state index contributed by atoms with van der Waals surface area (Å²) in [6.07, 6.45) is 2.73. The molecule has 3 aromatic rings. The van der Waals surface area contributed by atoms with Crippen LogP contribution in [0, 0.1) is 17.5 Å². The third kappa shape index (κ3) is 5.42. The van der Waals surface area contributed by atoms with Crippen LogP contribution in [0.4, 0.5) is 30.5 Å². The van der Waals surface area contributed by atoms with Gasteiger partial charge in [0.15, 0.2) is 0 Å². The molecular formula is C23H22F3N5O. The van der Waals surface area contributed by atoms with Gasteiger partial charge in [0.2, 0.25) is 5.91 Å². The number of nitrogens with zero attached hydrogens (tertiary/aromatic N) is 3. The van der Waals surface area contributed by atoms with E-state index in [4.69, 9.17) is 0 Å². The van der Waals surface area contributed by atoms with Crippen molar-refractivity contribution in [1.29, 1.82) is 0 Å². The van der Waals surface area contributed by atoms with Gasteiger partial charge in [0.1, 0.15) is 34.8 Å². The zero-order valence-corrected chi connectivity index (χ0v) is 17.2. The van der Waals surface area contributed by atoms with E-state index in [0.717, 1.165) is 36.9 Å². The molecule has 4 rings (SSSR count). The van der Waals surface area contributed by atoms with Gasteiger partial charge in [-0.2, -0.15) is 0 Å². The number of halogens is 3. The van der Waals surface area contributed by atoms with Gasteiger partial charge in [-0.25, -0.2) is 23.1 Å². The zero-order valence-electron chi connectivity index (χ0n) is 17.2. The first kappa shape index (κ1) is 21.8. The van der Waals surface area contributed by atoms with Gasteiger partial charge >= 0.3 is 0 Å². The lowest BCUT2D eigenvalue weighted by Crippen LogP contribution is -2.39. The number of likely N-dealkylation sites (tertiary alicyclic amines) is 1. The van der Waals surface area contributed by atoms with Gasteiger partial charge < -0.3 is 10.6 Å². The molecule has 32 heavy (non-hydrogen) atoms. The monoisotopic (exact) mass is 441 g/mol. The predicted octanol–water partition coefficient (Wildman–Crippen LogP) is 4.46. The predicted molar refractivity (Wildman–Crippen MR) is 115 cm³/mol. The molecule has 0 unspecified atom stereocenters. The maximum Gasteiger partial charge on any atom is 0.238 e. The highest BCUT2D eigenvalue weighted by molar-refractivity contribution is 5.92. The maximum atomic E-state index is 13.7. The minimum atomic E-state index is -0.799. The van der Waals surface area contributed by atoms with Crippen LogP contribution in [-0.2, 0) is 4.79 Å². The van der Waals surface area contributed by atoms with E-state index in [0.29, 0.717) is 24.7 Å². The summed E-state index contributed by atoms with van der Waals surface area (Å²) in [7, 11) is 0. The molecule has 1 fully saturated rings. The van der Waals surface area contributed by atoms with E-state index >= 15 is 0 Å². The Morgan fingerprint density at radius 1 is 0.969 bits per heavy atom. The summed E-state index contributed by atoms with van der Waals surface area (Å²) < 4.78 is 40.5. The summed E-state index contributed by atoms with van der Waals surface area (Å²) in [4.78, 5) is 22.8. The molecule has 0 bridgehead atoms. The number of carbonyl (C=O) groups is 1. The fraction of sp³-hybridized carbons (Fsp3) is 0.261. The maximum absolute atomic E-state index is 13.7. The van der Waals surface area contributed by atoms with E-state index in [2.05, 4.69) is 20.6 Å². The van der Waals surface area contributed by atoms with Crippen LogP contribution in [0.3, 0.4) is 0 Å². The lowest BCUT2D eigenvalue weighted by molar-refractivity contribution is -0.117. The molecule has 1 saturated heterocycles. The molecule has 6 nitrogen and oxygen atoms in total. The van der Waals surface area contributed by atoms with Crippen LogP contribution in [0.15, 0.2) is 54.7 Å². The van der Waals surface area contributed by atoms with E-state index < -0.39 is 29.0 Å². The second kappa shape index (κ2) is 9.78. The first-order valence-corrected chi connectivity index (χ1v) is 10.3. The average Bonchev–Trinajstić information content (AvgIpc) is 2.79. The van der Waals surface area contributed by atoms with Crippen LogP contribution in [0.2, 0.25) is 0 Å². The lowest BCUT2D eigenvalue weighted by atomic mass is 9.93. The van der Waals surface area contributed by atoms with E-state index in [9.17, 15) is 18.0 Å². The molecular weight excluding hydrogens is 419 g/mol. The van der Waals surface area contributed by atoms with Crippen molar-refractivity contribution in [2.75, 3.05) is 30.3 Å². The summed E-state index contributed by atoms with van der Waals surface area (Å²) in [5.41, 5.74) is 0.506. The number of hydrogen-bond acceptors (Lipinski definition) is 5. The molecule has 1 aromatic carbocycles. The zero-order chi connectivity index (χ0) is 22.5. The number of piperidine rings is 1. The van der Waals surface area contributed by atoms with Crippen molar-refractivity contribution < 1.29 is 18.0 Å². The number of aromatic nitrogens is 2. The van der Waals surface area contributed by atoms with Crippen LogP contribution in [0.1, 0.15) is 24.5 Å². The normalized spacial score (nSPS) is 14.8. The Morgan fingerprint density at radius 3 is 2.38 bits per heavy atom. The minimum Gasteiger partial charge on any atom is -0.325 e. The van der Waals surface area contributed by atoms with Crippen LogP contribution in [0.25, 0.3) is 0 Å². The summed E-state index contributed by atoms with van der Waals surface area (Å²) in [6.45, 7) is 1.39. The fourth-order valence-corrected chi connectivity index (χ4v) is 3.72. The van der Waals surface area contributed by atoms with Gasteiger partial charge in [-0.3, -0.25) is 9.69 Å². The number of hydrogen-bond donors (Lipinski definition) is 2. The smallest absolute Gasteiger partial charge is 0.238 e. The van der Waals surface area contributed by atoms with Crippen LogP contribution < -0.4 is 10.6 Å². The van der Waals surface area contributed by atoms with Crippen molar-refractivity contribution in [2.24, 2.45) is 0 Å². The third-order valence-electron chi connectivity index (χ3n) is 5.35. The number of rotatable bonds is 6. The number of benzene rings is 1. The average molecular weight is 441 g/mol. The molecule has 9 heteroatoms.